The highest BCUT2D eigenvalue weighted by Gasteiger charge is 2.15. The van der Waals surface area contributed by atoms with E-state index >= 15 is 0 Å². The van der Waals surface area contributed by atoms with E-state index in [-0.39, 0.29) is 0 Å². The molecule has 3 aromatic heterocycles. The van der Waals surface area contributed by atoms with Crippen LogP contribution >= 0.6 is 11.3 Å². The smallest absolute Gasteiger partial charge is 0.143 e. The summed E-state index contributed by atoms with van der Waals surface area (Å²) in [6, 6.07) is 2.06. The Morgan fingerprint density at radius 1 is 1.30 bits per heavy atom. The van der Waals surface area contributed by atoms with Crippen LogP contribution in [0.5, 0.6) is 0 Å². The number of thiophene rings is 1. The SMILES string of the molecule is CCc1nc(Nc2c(C)nn(CCOC)c2C)c2ccsc2n1. The monoisotopic (exact) mass is 331 g/mol. The predicted octanol–water partition coefficient (Wildman–Crippen LogP) is 3.46. The minimum absolute atomic E-state index is 0.643. The molecule has 7 heteroatoms. The molecular weight excluding hydrogens is 310 g/mol. The number of nitrogens with one attached hydrogen (secondary N) is 1. The normalized spacial score (nSPS) is 11.3. The summed E-state index contributed by atoms with van der Waals surface area (Å²) in [6.07, 6.45) is 0.813. The number of aromatic nitrogens is 4. The summed E-state index contributed by atoms with van der Waals surface area (Å²) >= 11 is 1.64. The van der Waals surface area contributed by atoms with Gasteiger partial charge in [0, 0.05) is 13.5 Å². The quantitative estimate of drug-likeness (QED) is 0.749. The number of hydrogen-bond donors (Lipinski definition) is 1. The average molecular weight is 331 g/mol. The molecule has 3 rings (SSSR count). The molecule has 23 heavy (non-hydrogen) atoms. The van der Waals surface area contributed by atoms with Gasteiger partial charge in [0.25, 0.3) is 0 Å². The number of anilines is 2. The van der Waals surface area contributed by atoms with Crippen molar-refractivity contribution in [3.63, 3.8) is 0 Å². The molecule has 122 valence electrons. The fourth-order valence-corrected chi connectivity index (χ4v) is 3.33. The summed E-state index contributed by atoms with van der Waals surface area (Å²) in [6.45, 7) is 7.51. The maximum Gasteiger partial charge on any atom is 0.143 e. The molecule has 0 radical (unpaired) electrons. The van der Waals surface area contributed by atoms with Gasteiger partial charge in [0.15, 0.2) is 0 Å². The van der Waals surface area contributed by atoms with Gasteiger partial charge in [-0.3, -0.25) is 4.68 Å². The Morgan fingerprint density at radius 2 is 2.13 bits per heavy atom. The molecule has 0 aliphatic heterocycles. The topological polar surface area (TPSA) is 64.9 Å². The van der Waals surface area contributed by atoms with Crippen LogP contribution in [0.3, 0.4) is 0 Å². The zero-order chi connectivity index (χ0) is 16.4. The van der Waals surface area contributed by atoms with E-state index in [1.54, 1.807) is 18.4 Å². The molecule has 0 unspecified atom stereocenters. The second kappa shape index (κ2) is 6.64. The minimum atomic E-state index is 0.643. The number of methoxy groups -OCH3 is 1. The standard InChI is InChI=1S/C16H21N5OS/c1-5-13-17-15(12-6-9-23-16(12)18-13)19-14-10(2)20-21(11(14)3)7-8-22-4/h6,9H,5,7-8H2,1-4H3,(H,17,18,19). The minimum Gasteiger partial charge on any atom is -0.383 e. The lowest BCUT2D eigenvalue weighted by molar-refractivity contribution is 0.182. The van der Waals surface area contributed by atoms with Crippen LogP contribution in [0, 0.1) is 13.8 Å². The molecule has 3 heterocycles. The van der Waals surface area contributed by atoms with Crippen molar-refractivity contribution in [1.29, 1.82) is 0 Å². The van der Waals surface area contributed by atoms with Gasteiger partial charge in [-0.15, -0.1) is 11.3 Å². The van der Waals surface area contributed by atoms with Gasteiger partial charge in [-0.05, 0) is 25.3 Å². The number of fused-ring (bicyclic) bond motifs is 1. The number of rotatable bonds is 6. The molecule has 0 aliphatic rings. The summed E-state index contributed by atoms with van der Waals surface area (Å²) < 4.78 is 7.11. The van der Waals surface area contributed by atoms with Crippen molar-refractivity contribution in [2.75, 3.05) is 19.0 Å². The van der Waals surface area contributed by atoms with Crippen molar-refractivity contribution in [1.82, 2.24) is 19.7 Å². The molecule has 0 atom stereocenters. The first-order valence-corrected chi connectivity index (χ1v) is 8.56. The molecule has 6 nitrogen and oxygen atoms in total. The van der Waals surface area contributed by atoms with Crippen molar-refractivity contribution in [2.24, 2.45) is 0 Å². The highest BCUT2D eigenvalue weighted by atomic mass is 32.1. The summed E-state index contributed by atoms with van der Waals surface area (Å²) in [5.74, 6) is 1.70. The van der Waals surface area contributed by atoms with Crippen molar-refractivity contribution in [2.45, 2.75) is 33.7 Å². The lowest BCUT2D eigenvalue weighted by Crippen LogP contribution is -2.08. The number of hydrogen-bond acceptors (Lipinski definition) is 6. The lowest BCUT2D eigenvalue weighted by atomic mass is 10.3. The summed E-state index contributed by atoms with van der Waals surface area (Å²) in [4.78, 5) is 10.3. The van der Waals surface area contributed by atoms with Gasteiger partial charge in [0.05, 0.1) is 35.6 Å². The van der Waals surface area contributed by atoms with E-state index in [1.165, 1.54) is 0 Å². The second-order valence-corrected chi connectivity index (χ2v) is 6.26. The fraction of sp³-hybridized carbons (Fsp3) is 0.438. The van der Waals surface area contributed by atoms with Crippen LogP contribution in [0.2, 0.25) is 0 Å². The van der Waals surface area contributed by atoms with Crippen LogP contribution in [0.1, 0.15) is 24.1 Å². The highest BCUT2D eigenvalue weighted by Crippen LogP contribution is 2.30. The van der Waals surface area contributed by atoms with Crippen LogP contribution in [0.15, 0.2) is 11.4 Å². The molecule has 3 aromatic rings. The lowest BCUT2D eigenvalue weighted by Gasteiger charge is -2.09. The summed E-state index contributed by atoms with van der Waals surface area (Å²) in [5.41, 5.74) is 3.05. The van der Waals surface area contributed by atoms with Crippen LogP contribution in [-0.4, -0.2) is 33.5 Å². The maximum atomic E-state index is 5.15. The maximum absolute atomic E-state index is 5.15. The molecular formula is C16H21N5OS. The van der Waals surface area contributed by atoms with Gasteiger partial charge < -0.3 is 10.1 Å². The Hall–Kier alpha value is -1.99. The number of ether oxygens (including phenoxy) is 1. The molecule has 0 saturated heterocycles. The molecule has 0 aliphatic carbocycles. The molecule has 0 spiro atoms. The van der Waals surface area contributed by atoms with Gasteiger partial charge in [-0.1, -0.05) is 6.92 Å². The molecule has 0 aromatic carbocycles. The second-order valence-electron chi connectivity index (χ2n) is 5.37. The predicted molar refractivity (Wildman–Crippen MR) is 93.7 cm³/mol. The first kappa shape index (κ1) is 15.9. The Balaban J connectivity index is 1.99. The average Bonchev–Trinajstić information content (AvgIpc) is 3.12. The van der Waals surface area contributed by atoms with Crippen molar-refractivity contribution < 1.29 is 4.74 Å². The first-order chi connectivity index (χ1) is 11.1. The van der Waals surface area contributed by atoms with Crippen molar-refractivity contribution in [3.05, 3.63) is 28.7 Å². The Morgan fingerprint density at radius 3 is 2.87 bits per heavy atom. The van der Waals surface area contributed by atoms with E-state index < -0.39 is 0 Å². The van der Waals surface area contributed by atoms with Gasteiger partial charge in [-0.2, -0.15) is 5.10 Å². The molecule has 0 amide bonds. The van der Waals surface area contributed by atoms with E-state index in [2.05, 4.69) is 40.3 Å². The van der Waals surface area contributed by atoms with Gasteiger partial charge in [0.1, 0.15) is 16.5 Å². The molecule has 0 saturated carbocycles. The summed E-state index contributed by atoms with van der Waals surface area (Å²) in [7, 11) is 1.70. The van der Waals surface area contributed by atoms with Crippen molar-refractivity contribution >= 4 is 33.1 Å². The van der Waals surface area contributed by atoms with Crippen molar-refractivity contribution in [3.8, 4) is 0 Å². The van der Waals surface area contributed by atoms with Crippen LogP contribution in [-0.2, 0) is 17.7 Å². The molecule has 0 bridgehead atoms. The number of aryl methyl sites for hydroxylation is 2. The van der Waals surface area contributed by atoms with Gasteiger partial charge in [-0.25, -0.2) is 9.97 Å². The van der Waals surface area contributed by atoms with Crippen LogP contribution in [0.4, 0.5) is 11.5 Å². The number of nitrogens with zero attached hydrogens (tertiary/aromatic N) is 4. The van der Waals surface area contributed by atoms with E-state index in [9.17, 15) is 0 Å². The Bertz CT molecular complexity index is 823. The van der Waals surface area contributed by atoms with Crippen LogP contribution < -0.4 is 5.32 Å². The highest BCUT2D eigenvalue weighted by molar-refractivity contribution is 7.16. The van der Waals surface area contributed by atoms with Gasteiger partial charge >= 0.3 is 0 Å². The largest absolute Gasteiger partial charge is 0.383 e. The molecule has 1 N–H and O–H groups in total. The Labute approximate surface area is 139 Å². The fourth-order valence-electron chi connectivity index (χ4n) is 2.54. The summed E-state index contributed by atoms with van der Waals surface area (Å²) in [5, 5.41) is 11.2. The third-order valence-corrected chi connectivity index (χ3v) is 4.63. The zero-order valence-electron chi connectivity index (χ0n) is 13.9. The van der Waals surface area contributed by atoms with E-state index in [1.807, 2.05) is 17.0 Å². The van der Waals surface area contributed by atoms with Gasteiger partial charge in [0.2, 0.25) is 0 Å². The zero-order valence-corrected chi connectivity index (χ0v) is 14.7. The Kier molecular flexibility index (Phi) is 4.58. The third-order valence-electron chi connectivity index (χ3n) is 3.82. The first-order valence-electron chi connectivity index (χ1n) is 7.68. The van der Waals surface area contributed by atoms with Crippen LogP contribution in [0.25, 0.3) is 10.2 Å². The molecule has 0 fully saturated rings. The van der Waals surface area contributed by atoms with E-state index in [4.69, 9.17) is 4.74 Å². The van der Waals surface area contributed by atoms with E-state index in [0.29, 0.717) is 6.61 Å². The third kappa shape index (κ3) is 3.07. The van der Waals surface area contributed by atoms with E-state index in [0.717, 1.165) is 51.9 Å².